The number of benzene rings is 2. The van der Waals surface area contributed by atoms with Crippen molar-refractivity contribution in [1.29, 1.82) is 0 Å². The number of amides is 1. The molecule has 0 radical (unpaired) electrons. The number of carbonyl (C=O) groups excluding carboxylic acids is 1. The minimum Gasteiger partial charge on any atom is -0.497 e. The summed E-state index contributed by atoms with van der Waals surface area (Å²) in [5, 5.41) is 12.9. The van der Waals surface area contributed by atoms with Gasteiger partial charge in [-0.2, -0.15) is 0 Å². The third-order valence-corrected chi connectivity index (χ3v) is 5.17. The molecule has 6 nitrogen and oxygen atoms in total. The lowest BCUT2D eigenvalue weighted by Crippen LogP contribution is -2.14. The average Bonchev–Trinajstić information content (AvgIpc) is 3.10. The van der Waals surface area contributed by atoms with E-state index in [1.54, 1.807) is 13.2 Å². The summed E-state index contributed by atoms with van der Waals surface area (Å²) in [5.74, 6) is 1.59. The maximum Gasteiger partial charge on any atom is 0.234 e. The molecule has 0 unspecified atom stereocenters. The third-order valence-electron chi connectivity index (χ3n) is 3.95. The number of hydrogen-bond acceptors (Lipinski definition) is 5. The highest BCUT2D eigenvalue weighted by molar-refractivity contribution is 7.99. The molecule has 0 aliphatic carbocycles. The average molecular weight is 417 g/mol. The number of methoxy groups -OCH3 is 1. The first-order valence-corrected chi connectivity index (χ1v) is 10.2. The Labute approximate surface area is 173 Å². The fraction of sp³-hybridized carbons (Fsp3) is 0.250. The number of nitrogens with zero attached hydrogens (tertiary/aromatic N) is 3. The van der Waals surface area contributed by atoms with E-state index in [1.165, 1.54) is 11.8 Å². The van der Waals surface area contributed by atoms with Crippen LogP contribution in [0.2, 0.25) is 5.02 Å². The van der Waals surface area contributed by atoms with Gasteiger partial charge < -0.3 is 14.6 Å². The van der Waals surface area contributed by atoms with Crippen molar-refractivity contribution in [2.24, 2.45) is 0 Å². The first kappa shape index (κ1) is 20.2. The normalized spacial score (nSPS) is 10.7. The molecule has 0 aliphatic heterocycles. The van der Waals surface area contributed by atoms with Crippen LogP contribution < -0.4 is 10.1 Å². The van der Waals surface area contributed by atoms with Crippen molar-refractivity contribution < 1.29 is 9.53 Å². The minimum absolute atomic E-state index is 0.114. The predicted octanol–water partition coefficient (Wildman–Crippen LogP) is 4.75. The Hall–Kier alpha value is -2.51. The number of anilines is 1. The van der Waals surface area contributed by atoms with Gasteiger partial charge in [0.15, 0.2) is 11.0 Å². The number of aromatic nitrogens is 3. The molecule has 1 amide bonds. The molecule has 0 spiro atoms. The van der Waals surface area contributed by atoms with Crippen LogP contribution >= 0.6 is 23.4 Å². The number of thioether (sulfide) groups is 1. The Balaban J connectivity index is 1.69. The van der Waals surface area contributed by atoms with Crippen LogP contribution in [0, 0.1) is 0 Å². The molecule has 3 aromatic rings. The Kier molecular flexibility index (Phi) is 6.95. The molecule has 28 heavy (non-hydrogen) atoms. The summed E-state index contributed by atoms with van der Waals surface area (Å²) in [6.07, 6.45) is 0.933. The number of hydrogen-bond donors (Lipinski definition) is 1. The first-order chi connectivity index (χ1) is 13.6. The summed E-state index contributed by atoms with van der Waals surface area (Å²) in [5.41, 5.74) is 1.64. The second kappa shape index (κ2) is 9.61. The number of ether oxygens (including phenoxy) is 1. The van der Waals surface area contributed by atoms with Gasteiger partial charge in [0, 0.05) is 28.9 Å². The molecule has 8 heteroatoms. The summed E-state index contributed by atoms with van der Waals surface area (Å²) in [7, 11) is 1.59. The third kappa shape index (κ3) is 5.05. The Morgan fingerprint density at radius 3 is 2.71 bits per heavy atom. The molecule has 0 bridgehead atoms. The van der Waals surface area contributed by atoms with E-state index < -0.39 is 0 Å². The standard InChI is InChI=1S/C20H21ClN4O2S/c1-3-11-25-19(14-7-9-15(21)10-8-14)23-24-20(25)28-13-18(26)22-16-5-4-6-17(12-16)27-2/h4-10,12H,3,11,13H2,1-2H3,(H,22,26). The zero-order chi connectivity index (χ0) is 19.9. The maximum atomic E-state index is 12.3. The predicted molar refractivity (Wildman–Crippen MR) is 113 cm³/mol. The van der Waals surface area contributed by atoms with Crippen LogP contribution in [0.4, 0.5) is 5.69 Å². The molecule has 0 aliphatic rings. The molecular weight excluding hydrogens is 396 g/mol. The van der Waals surface area contributed by atoms with Crippen LogP contribution in [-0.2, 0) is 11.3 Å². The van der Waals surface area contributed by atoms with Crippen LogP contribution in [0.25, 0.3) is 11.4 Å². The van der Waals surface area contributed by atoms with Gasteiger partial charge in [-0.05, 0) is 42.8 Å². The topological polar surface area (TPSA) is 69.0 Å². The smallest absolute Gasteiger partial charge is 0.234 e. The Morgan fingerprint density at radius 1 is 1.21 bits per heavy atom. The van der Waals surface area contributed by atoms with E-state index in [2.05, 4.69) is 22.4 Å². The lowest BCUT2D eigenvalue weighted by molar-refractivity contribution is -0.113. The van der Waals surface area contributed by atoms with E-state index >= 15 is 0 Å². The summed E-state index contributed by atoms with van der Waals surface area (Å²) in [6, 6.07) is 14.8. The van der Waals surface area contributed by atoms with Gasteiger partial charge in [0.1, 0.15) is 5.75 Å². The highest BCUT2D eigenvalue weighted by Gasteiger charge is 2.15. The summed E-state index contributed by atoms with van der Waals surface area (Å²) >= 11 is 7.34. The van der Waals surface area contributed by atoms with Crippen LogP contribution in [0.5, 0.6) is 5.75 Å². The quantitative estimate of drug-likeness (QED) is 0.537. The number of carbonyl (C=O) groups is 1. The van der Waals surface area contributed by atoms with Crippen molar-refractivity contribution in [3.8, 4) is 17.1 Å². The first-order valence-electron chi connectivity index (χ1n) is 8.86. The van der Waals surface area contributed by atoms with Gasteiger partial charge in [-0.15, -0.1) is 10.2 Å². The molecule has 3 rings (SSSR count). The van der Waals surface area contributed by atoms with Gasteiger partial charge in [-0.1, -0.05) is 36.4 Å². The maximum absolute atomic E-state index is 12.3. The van der Waals surface area contributed by atoms with Gasteiger partial charge in [0.05, 0.1) is 12.9 Å². The highest BCUT2D eigenvalue weighted by Crippen LogP contribution is 2.26. The van der Waals surface area contributed by atoms with Gasteiger partial charge in [0.2, 0.25) is 5.91 Å². The second-order valence-corrected chi connectivity index (χ2v) is 7.41. The number of halogens is 1. The van der Waals surface area contributed by atoms with Crippen molar-refractivity contribution in [3.63, 3.8) is 0 Å². The van der Waals surface area contributed by atoms with Gasteiger partial charge >= 0.3 is 0 Å². The molecule has 0 saturated carbocycles. The van der Waals surface area contributed by atoms with Gasteiger partial charge in [-0.25, -0.2) is 0 Å². The molecule has 146 valence electrons. The van der Waals surface area contributed by atoms with Crippen LogP contribution in [-0.4, -0.2) is 33.5 Å². The zero-order valence-electron chi connectivity index (χ0n) is 15.7. The minimum atomic E-state index is -0.114. The summed E-state index contributed by atoms with van der Waals surface area (Å²) in [6.45, 7) is 2.86. The van der Waals surface area contributed by atoms with E-state index in [0.29, 0.717) is 21.6 Å². The number of nitrogens with one attached hydrogen (secondary N) is 1. The van der Waals surface area contributed by atoms with Gasteiger partial charge in [0.25, 0.3) is 0 Å². The molecule has 0 fully saturated rings. The van der Waals surface area contributed by atoms with E-state index in [-0.39, 0.29) is 11.7 Å². The molecule has 1 N–H and O–H groups in total. The summed E-state index contributed by atoms with van der Waals surface area (Å²) in [4.78, 5) is 12.3. The van der Waals surface area contributed by atoms with Crippen molar-refractivity contribution in [2.45, 2.75) is 25.0 Å². The molecule has 1 aromatic heterocycles. The fourth-order valence-electron chi connectivity index (χ4n) is 2.66. The fourth-order valence-corrected chi connectivity index (χ4v) is 3.55. The van der Waals surface area contributed by atoms with Crippen molar-refractivity contribution in [3.05, 3.63) is 53.6 Å². The lowest BCUT2D eigenvalue weighted by atomic mass is 10.2. The Morgan fingerprint density at radius 2 is 2.00 bits per heavy atom. The zero-order valence-corrected chi connectivity index (χ0v) is 17.3. The van der Waals surface area contributed by atoms with E-state index in [4.69, 9.17) is 16.3 Å². The molecule has 0 atom stereocenters. The van der Waals surface area contributed by atoms with E-state index in [0.717, 1.165) is 24.4 Å². The SMILES string of the molecule is CCCn1c(SCC(=O)Nc2cccc(OC)c2)nnc1-c1ccc(Cl)cc1. The van der Waals surface area contributed by atoms with Crippen molar-refractivity contribution >= 4 is 35.0 Å². The number of rotatable bonds is 8. The molecule has 1 heterocycles. The van der Waals surface area contributed by atoms with E-state index in [1.807, 2.05) is 47.0 Å². The van der Waals surface area contributed by atoms with Crippen LogP contribution in [0.15, 0.2) is 53.7 Å². The highest BCUT2D eigenvalue weighted by atomic mass is 35.5. The molecule has 0 saturated heterocycles. The second-order valence-electron chi connectivity index (χ2n) is 6.03. The molecule has 2 aromatic carbocycles. The van der Waals surface area contributed by atoms with Crippen molar-refractivity contribution in [2.75, 3.05) is 18.2 Å². The van der Waals surface area contributed by atoms with E-state index in [9.17, 15) is 4.79 Å². The van der Waals surface area contributed by atoms with Crippen LogP contribution in [0.3, 0.4) is 0 Å². The van der Waals surface area contributed by atoms with Gasteiger partial charge in [-0.3, -0.25) is 4.79 Å². The Bertz CT molecular complexity index is 944. The van der Waals surface area contributed by atoms with Crippen molar-refractivity contribution in [1.82, 2.24) is 14.8 Å². The largest absolute Gasteiger partial charge is 0.497 e. The summed E-state index contributed by atoms with van der Waals surface area (Å²) < 4.78 is 7.21. The monoisotopic (exact) mass is 416 g/mol. The lowest BCUT2D eigenvalue weighted by Gasteiger charge is -2.09. The molecular formula is C20H21ClN4O2S. The van der Waals surface area contributed by atoms with Crippen LogP contribution in [0.1, 0.15) is 13.3 Å².